The number of carbonyl (C=O) groups is 2. The van der Waals surface area contributed by atoms with E-state index >= 15 is 0 Å². The second-order valence-electron chi connectivity index (χ2n) is 6.38. The Bertz CT molecular complexity index is 384. The van der Waals surface area contributed by atoms with Crippen molar-refractivity contribution in [2.75, 3.05) is 26.3 Å². The quantitative estimate of drug-likeness (QED) is 0.671. The molecule has 0 bridgehead atoms. The zero-order chi connectivity index (χ0) is 15.4. The number of unbranched alkanes of at least 4 members (excludes halogenated alkanes) is 1. The molecule has 120 valence electrons. The molecular formula is C16H28N2O3. The van der Waals surface area contributed by atoms with Gasteiger partial charge in [0, 0.05) is 19.7 Å². The van der Waals surface area contributed by atoms with Gasteiger partial charge in [-0.15, -0.1) is 0 Å². The van der Waals surface area contributed by atoms with E-state index in [1.165, 1.54) is 0 Å². The molecule has 2 heterocycles. The van der Waals surface area contributed by atoms with Gasteiger partial charge >= 0.3 is 0 Å². The Morgan fingerprint density at radius 2 is 2.00 bits per heavy atom. The van der Waals surface area contributed by atoms with Crippen LogP contribution in [-0.2, 0) is 14.3 Å². The molecule has 2 aliphatic heterocycles. The maximum Gasteiger partial charge on any atom is 0.246 e. The van der Waals surface area contributed by atoms with Crippen molar-refractivity contribution in [2.24, 2.45) is 5.92 Å². The van der Waals surface area contributed by atoms with Gasteiger partial charge in [-0.2, -0.15) is 0 Å². The lowest BCUT2D eigenvalue weighted by Gasteiger charge is -2.44. The van der Waals surface area contributed by atoms with Gasteiger partial charge in [0.15, 0.2) is 0 Å². The predicted molar refractivity (Wildman–Crippen MR) is 80.8 cm³/mol. The van der Waals surface area contributed by atoms with Crippen LogP contribution in [0.2, 0.25) is 0 Å². The summed E-state index contributed by atoms with van der Waals surface area (Å²) in [5.74, 6) is 0.379. The Labute approximate surface area is 127 Å². The molecular weight excluding hydrogens is 268 g/mol. The van der Waals surface area contributed by atoms with Gasteiger partial charge in [-0.1, -0.05) is 27.2 Å². The average Bonchev–Trinajstić information content (AvgIpc) is 2.93. The van der Waals surface area contributed by atoms with Crippen molar-refractivity contribution in [3.63, 3.8) is 0 Å². The van der Waals surface area contributed by atoms with E-state index in [4.69, 9.17) is 4.74 Å². The molecule has 2 rings (SSSR count). The number of nitrogens with zero attached hydrogens (tertiary/aromatic N) is 2. The number of carbonyl (C=O) groups excluding carboxylic acids is 2. The molecule has 21 heavy (non-hydrogen) atoms. The second kappa shape index (κ2) is 7.25. The van der Waals surface area contributed by atoms with Crippen LogP contribution in [0.1, 0.15) is 46.5 Å². The second-order valence-corrected chi connectivity index (χ2v) is 6.38. The SMILES string of the molecule is CCCCOCCN1C(=O)C2CCCN2C(=O)C1C(C)C. The molecule has 2 atom stereocenters. The molecule has 0 radical (unpaired) electrons. The maximum absolute atomic E-state index is 12.7. The van der Waals surface area contributed by atoms with E-state index < -0.39 is 0 Å². The molecule has 0 spiro atoms. The van der Waals surface area contributed by atoms with E-state index in [1.54, 1.807) is 9.80 Å². The first-order chi connectivity index (χ1) is 10.1. The summed E-state index contributed by atoms with van der Waals surface area (Å²) in [5.41, 5.74) is 0. The minimum atomic E-state index is -0.318. The smallest absolute Gasteiger partial charge is 0.246 e. The topological polar surface area (TPSA) is 49.9 Å². The van der Waals surface area contributed by atoms with Crippen molar-refractivity contribution in [1.82, 2.24) is 9.80 Å². The average molecular weight is 296 g/mol. The van der Waals surface area contributed by atoms with Crippen molar-refractivity contribution in [2.45, 2.75) is 58.5 Å². The third-order valence-corrected chi connectivity index (χ3v) is 4.44. The number of amides is 2. The molecule has 0 aliphatic carbocycles. The van der Waals surface area contributed by atoms with Crippen LogP contribution >= 0.6 is 0 Å². The number of rotatable bonds is 7. The third kappa shape index (κ3) is 3.39. The van der Waals surface area contributed by atoms with E-state index in [0.717, 1.165) is 38.8 Å². The van der Waals surface area contributed by atoms with Crippen LogP contribution in [0.25, 0.3) is 0 Å². The normalized spacial score (nSPS) is 25.9. The van der Waals surface area contributed by atoms with Crippen LogP contribution in [0, 0.1) is 5.92 Å². The highest BCUT2D eigenvalue weighted by Crippen LogP contribution is 2.29. The van der Waals surface area contributed by atoms with Gasteiger partial charge in [-0.25, -0.2) is 0 Å². The summed E-state index contributed by atoms with van der Waals surface area (Å²) in [4.78, 5) is 28.9. The lowest BCUT2D eigenvalue weighted by molar-refractivity contribution is -0.162. The first-order valence-corrected chi connectivity index (χ1v) is 8.26. The first kappa shape index (κ1) is 16.3. The largest absolute Gasteiger partial charge is 0.380 e. The van der Waals surface area contributed by atoms with E-state index in [0.29, 0.717) is 13.2 Å². The van der Waals surface area contributed by atoms with Gasteiger partial charge < -0.3 is 14.5 Å². The summed E-state index contributed by atoms with van der Waals surface area (Å²) in [6, 6.07) is -0.537. The molecule has 0 aromatic rings. The Balaban J connectivity index is 2.01. The van der Waals surface area contributed by atoms with Crippen LogP contribution in [-0.4, -0.2) is 60.0 Å². The van der Waals surface area contributed by atoms with Gasteiger partial charge in [0.25, 0.3) is 0 Å². The zero-order valence-corrected chi connectivity index (χ0v) is 13.5. The summed E-state index contributed by atoms with van der Waals surface area (Å²) in [7, 11) is 0. The number of hydrogen-bond acceptors (Lipinski definition) is 3. The Kier molecular flexibility index (Phi) is 5.62. The maximum atomic E-state index is 12.7. The number of fused-ring (bicyclic) bond motifs is 1. The predicted octanol–water partition coefficient (Wildman–Crippen LogP) is 1.66. The molecule has 2 fully saturated rings. The molecule has 5 nitrogen and oxygen atoms in total. The van der Waals surface area contributed by atoms with Crippen molar-refractivity contribution in [1.29, 1.82) is 0 Å². The van der Waals surface area contributed by atoms with Gasteiger partial charge in [0.1, 0.15) is 12.1 Å². The van der Waals surface area contributed by atoms with Crippen LogP contribution < -0.4 is 0 Å². The van der Waals surface area contributed by atoms with Gasteiger partial charge in [-0.05, 0) is 25.2 Å². The van der Waals surface area contributed by atoms with Crippen molar-refractivity contribution < 1.29 is 14.3 Å². The number of ether oxygens (including phenoxy) is 1. The molecule has 5 heteroatoms. The van der Waals surface area contributed by atoms with Crippen molar-refractivity contribution in [3.8, 4) is 0 Å². The molecule has 2 unspecified atom stereocenters. The lowest BCUT2D eigenvalue weighted by Crippen LogP contribution is -2.64. The van der Waals surface area contributed by atoms with Crippen LogP contribution in [0.3, 0.4) is 0 Å². The monoisotopic (exact) mass is 296 g/mol. The summed E-state index contributed by atoms with van der Waals surface area (Å²) in [5, 5.41) is 0. The molecule has 0 N–H and O–H groups in total. The van der Waals surface area contributed by atoms with Crippen molar-refractivity contribution >= 4 is 11.8 Å². The Morgan fingerprint density at radius 1 is 1.24 bits per heavy atom. The van der Waals surface area contributed by atoms with Crippen molar-refractivity contribution in [3.05, 3.63) is 0 Å². The number of hydrogen-bond donors (Lipinski definition) is 0. The van der Waals surface area contributed by atoms with E-state index in [2.05, 4.69) is 6.92 Å². The highest BCUT2D eigenvalue weighted by atomic mass is 16.5. The Hall–Kier alpha value is -1.10. The van der Waals surface area contributed by atoms with Gasteiger partial charge in [0.05, 0.1) is 6.61 Å². The fraction of sp³-hybridized carbons (Fsp3) is 0.875. The number of piperazine rings is 1. The van der Waals surface area contributed by atoms with Gasteiger partial charge in [0.2, 0.25) is 11.8 Å². The van der Waals surface area contributed by atoms with E-state index in [1.807, 2.05) is 13.8 Å². The van der Waals surface area contributed by atoms with Gasteiger partial charge in [-0.3, -0.25) is 9.59 Å². The van der Waals surface area contributed by atoms with Crippen LogP contribution in [0.4, 0.5) is 0 Å². The minimum Gasteiger partial charge on any atom is -0.380 e. The van der Waals surface area contributed by atoms with E-state index in [-0.39, 0.29) is 29.8 Å². The zero-order valence-electron chi connectivity index (χ0n) is 13.5. The van der Waals surface area contributed by atoms with Crippen LogP contribution in [0.15, 0.2) is 0 Å². The fourth-order valence-electron chi connectivity index (χ4n) is 3.32. The molecule has 2 amide bonds. The summed E-state index contributed by atoms with van der Waals surface area (Å²) in [6.45, 7) is 8.66. The first-order valence-electron chi connectivity index (χ1n) is 8.26. The van der Waals surface area contributed by atoms with Crippen LogP contribution in [0.5, 0.6) is 0 Å². The summed E-state index contributed by atoms with van der Waals surface area (Å²) < 4.78 is 5.58. The molecule has 2 aliphatic rings. The highest BCUT2D eigenvalue weighted by molar-refractivity contribution is 5.97. The molecule has 0 aromatic carbocycles. The highest BCUT2D eigenvalue weighted by Gasteiger charge is 2.48. The standard InChI is InChI=1S/C16H28N2O3/c1-4-5-10-21-11-9-18-14(12(2)3)16(20)17-8-6-7-13(17)15(18)19/h12-14H,4-11H2,1-3H3. The van der Waals surface area contributed by atoms with E-state index in [9.17, 15) is 9.59 Å². The minimum absolute atomic E-state index is 0.116. The molecule has 2 saturated heterocycles. The molecule has 0 saturated carbocycles. The molecule has 0 aromatic heterocycles. The summed E-state index contributed by atoms with van der Waals surface area (Å²) in [6.07, 6.45) is 3.89. The third-order valence-electron chi connectivity index (χ3n) is 4.44. The Morgan fingerprint density at radius 3 is 2.67 bits per heavy atom. The summed E-state index contributed by atoms with van der Waals surface area (Å²) >= 11 is 0. The lowest BCUT2D eigenvalue weighted by atomic mass is 9.96. The fourth-order valence-corrected chi connectivity index (χ4v) is 3.32.